The molecule has 1 aromatic heterocycles. The van der Waals surface area contributed by atoms with E-state index in [1.165, 1.54) is 18.5 Å². The van der Waals surface area contributed by atoms with Crippen molar-refractivity contribution in [2.45, 2.75) is 26.7 Å². The minimum atomic E-state index is -0.268. The van der Waals surface area contributed by atoms with Crippen LogP contribution in [0.5, 0.6) is 0 Å². The van der Waals surface area contributed by atoms with Crippen LogP contribution >= 0.6 is 0 Å². The van der Waals surface area contributed by atoms with Gasteiger partial charge in [0, 0.05) is 11.1 Å². The zero-order valence-electron chi connectivity index (χ0n) is 10.6. The lowest BCUT2D eigenvalue weighted by molar-refractivity contribution is 0.628. The first kappa shape index (κ1) is 12.5. The smallest absolute Gasteiger partial charge is 0.130 e. The van der Waals surface area contributed by atoms with E-state index in [1.54, 1.807) is 6.07 Å². The summed E-state index contributed by atoms with van der Waals surface area (Å²) in [5.74, 6) is 0.209. The monoisotopic (exact) mass is 245 g/mol. The lowest BCUT2D eigenvalue weighted by Crippen LogP contribution is -2.03. The lowest BCUT2D eigenvalue weighted by atomic mass is 9.99. The van der Waals surface area contributed by atoms with Gasteiger partial charge in [-0.05, 0) is 31.0 Å². The first-order valence-corrected chi connectivity index (χ1v) is 5.99. The molecule has 18 heavy (non-hydrogen) atoms. The summed E-state index contributed by atoms with van der Waals surface area (Å²) in [6.45, 7) is 4.00. The van der Waals surface area contributed by atoms with Crippen LogP contribution in [-0.4, -0.2) is 9.97 Å². The number of aromatic nitrogens is 2. The zero-order valence-corrected chi connectivity index (χ0v) is 10.6. The second-order valence-electron chi connectivity index (χ2n) is 4.30. The predicted molar refractivity (Wildman–Crippen MR) is 70.6 cm³/mol. The van der Waals surface area contributed by atoms with Crippen LogP contribution in [0.1, 0.15) is 24.5 Å². The SMILES string of the molecule is CCCc1c(N)ncnc1-c1cc(F)ccc1C. The van der Waals surface area contributed by atoms with Crippen molar-refractivity contribution in [2.24, 2.45) is 0 Å². The maximum atomic E-state index is 13.4. The fourth-order valence-electron chi connectivity index (χ4n) is 2.00. The molecule has 0 fully saturated rings. The van der Waals surface area contributed by atoms with E-state index in [4.69, 9.17) is 5.73 Å². The fourth-order valence-corrected chi connectivity index (χ4v) is 2.00. The van der Waals surface area contributed by atoms with Crippen molar-refractivity contribution in [3.63, 3.8) is 0 Å². The highest BCUT2D eigenvalue weighted by atomic mass is 19.1. The van der Waals surface area contributed by atoms with Crippen molar-refractivity contribution in [3.8, 4) is 11.3 Å². The Labute approximate surface area is 106 Å². The van der Waals surface area contributed by atoms with Crippen molar-refractivity contribution >= 4 is 5.82 Å². The van der Waals surface area contributed by atoms with Gasteiger partial charge in [0.25, 0.3) is 0 Å². The summed E-state index contributed by atoms with van der Waals surface area (Å²) in [5.41, 5.74) is 9.29. The van der Waals surface area contributed by atoms with Gasteiger partial charge < -0.3 is 5.73 Å². The van der Waals surface area contributed by atoms with Crippen molar-refractivity contribution in [1.82, 2.24) is 9.97 Å². The molecule has 1 aromatic carbocycles. The third kappa shape index (κ3) is 2.32. The molecule has 0 aliphatic heterocycles. The van der Waals surface area contributed by atoms with Gasteiger partial charge in [-0.15, -0.1) is 0 Å². The minimum Gasteiger partial charge on any atom is -0.383 e. The first-order valence-electron chi connectivity index (χ1n) is 5.99. The first-order chi connectivity index (χ1) is 8.63. The third-order valence-corrected chi connectivity index (χ3v) is 2.93. The highest BCUT2D eigenvalue weighted by Crippen LogP contribution is 2.28. The number of halogens is 1. The normalized spacial score (nSPS) is 10.6. The molecular formula is C14H16FN3. The molecule has 0 saturated carbocycles. The Morgan fingerprint density at radius 3 is 2.78 bits per heavy atom. The number of hydrogen-bond donors (Lipinski definition) is 1. The summed E-state index contributed by atoms with van der Waals surface area (Å²) < 4.78 is 13.4. The Bertz CT molecular complexity index is 567. The quantitative estimate of drug-likeness (QED) is 0.903. The Morgan fingerprint density at radius 2 is 2.06 bits per heavy atom. The van der Waals surface area contributed by atoms with Crippen molar-refractivity contribution in [1.29, 1.82) is 0 Å². The lowest BCUT2D eigenvalue weighted by Gasteiger charge is -2.12. The average Bonchev–Trinajstić information content (AvgIpc) is 2.35. The summed E-state index contributed by atoms with van der Waals surface area (Å²) in [7, 11) is 0. The van der Waals surface area contributed by atoms with Gasteiger partial charge in [-0.3, -0.25) is 0 Å². The zero-order chi connectivity index (χ0) is 13.1. The molecule has 94 valence electrons. The number of benzene rings is 1. The van der Waals surface area contributed by atoms with Crippen LogP contribution in [0.25, 0.3) is 11.3 Å². The van der Waals surface area contributed by atoms with E-state index in [0.29, 0.717) is 5.82 Å². The number of nitrogens with two attached hydrogens (primary N) is 1. The van der Waals surface area contributed by atoms with Gasteiger partial charge in [0.15, 0.2) is 0 Å². The average molecular weight is 245 g/mol. The van der Waals surface area contributed by atoms with Crippen LogP contribution in [0.2, 0.25) is 0 Å². The van der Waals surface area contributed by atoms with Crippen molar-refractivity contribution < 1.29 is 4.39 Å². The molecule has 0 aliphatic rings. The maximum Gasteiger partial charge on any atom is 0.130 e. The molecule has 2 N–H and O–H groups in total. The molecular weight excluding hydrogens is 229 g/mol. The summed E-state index contributed by atoms with van der Waals surface area (Å²) in [6.07, 6.45) is 3.16. The number of nitrogen functional groups attached to an aromatic ring is 1. The van der Waals surface area contributed by atoms with E-state index in [9.17, 15) is 4.39 Å². The maximum absolute atomic E-state index is 13.4. The topological polar surface area (TPSA) is 51.8 Å². The molecule has 0 spiro atoms. The number of nitrogens with zero attached hydrogens (tertiary/aromatic N) is 2. The van der Waals surface area contributed by atoms with Gasteiger partial charge in [-0.2, -0.15) is 0 Å². The molecule has 3 nitrogen and oxygen atoms in total. The van der Waals surface area contributed by atoms with Crippen LogP contribution in [0, 0.1) is 12.7 Å². The summed E-state index contributed by atoms with van der Waals surface area (Å²) in [4.78, 5) is 8.28. The largest absolute Gasteiger partial charge is 0.383 e. The van der Waals surface area contributed by atoms with Crippen LogP contribution < -0.4 is 5.73 Å². The Hall–Kier alpha value is -1.97. The second-order valence-corrected chi connectivity index (χ2v) is 4.30. The molecule has 1 heterocycles. The number of rotatable bonds is 3. The molecule has 0 unspecified atom stereocenters. The summed E-state index contributed by atoms with van der Waals surface area (Å²) in [5, 5.41) is 0. The summed E-state index contributed by atoms with van der Waals surface area (Å²) >= 11 is 0. The molecule has 0 atom stereocenters. The van der Waals surface area contributed by atoms with Crippen LogP contribution in [-0.2, 0) is 6.42 Å². The number of anilines is 1. The molecule has 0 amide bonds. The van der Waals surface area contributed by atoms with Gasteiger partial charge in [0.2, 0.25) is 0 Å². The third-order valence-electron chi connectivity index (χ3n) is 2.93. The molecule has 0 saturated heterocycles. The van der Waals surface area contributed by atoms with E-state index >= 15 is 0 Å². The molecule has 0 bridgehead atoms. The Balaban J connectivity index is 2.63. The van der Waals surface area contributed by atoms with E-state index < -0.39 is 0 Å². The van der Waals surface area contributed by atoms with Crippen LogP contribution in [0.3, 0.4) is 0 Å². The van der Waals surface area contributed by atoms with E-state index in [0.717, 1.165) is 35.2 Å². The Morgan fingerprint density at radius 1 is 1.28 bits per heavy atom. The highest BCUT2D eigenvalue weighted by Gasteiger charge is 2.13. The number of aryl methyl sites for hydroxylation is 1. The van der Waals surface area contributed by atoms with Gasteiger partial charge in [0.1, 0.15) is 18.0 Å². The van der Waals surface area contributed by atoms with E-state index in [-0.39, 0.29) is 5.82 Å². The van der Waals surface area contributed by atoms with Gasteiger partial charge in [-0.25, -0.2) is 14.4 Å². The molecule has 4 heteroatoms. The Kier molecular flexibility index (Phi) is 3.55. The second kappa shape index (κ2) is 5.12. The standard InChI is InChI=1S/C14H16FN3/c1-3-4-11-13(17-8-18-14(11)16)12-7-10(15)6-5-9(12)2/h5-8H,3-4H2,1-2H3,(H2,16,17,18). The van der Waals surface area contributed by atoms with Crippen LogP contribution in [0.4, 0.5) is 10.2 Å². The molecule has 0 aliphatic carbocycles. The predicted octanol–water partition coefficient (Wildman–Crippen LogP) is 3.13. The molecule has 2 aromatic rings. The van der Waals surface area contributed by atoms with E-state index in [2.05, 4.69) is 16.9 Å². The van der Waals surface area contributed by atoms with Crippen molar-refractivity contribution in [3.05, 3.63) is 41.5 Å². The fraction of sp³-hybridized carbons (Fsp3) is 0.286. The minimum absolute atomic E-state index is 0.268. The van der Waals surface area contributed by atoms with Crippen LogP contribution in [0.15, 0.2) is 24.5 Å². The van der Waals surface area contributed by atoms with Gasteiger partial charge >= 0.3 is 0 Å². The summed E-state index contributed by atoms with van der Waals surface area (Å²) in [6, 6.07) is 4.69. The molecule has 2 rings (SSSR count). The van der Waals surface area contributed by atoms with E-state index in [1.807, 2.05) is 6.92 Å². The highest BCUT2D eigenvalue weighted by molar-refractivity contribution is 5.70. The number of hydrogen-bond acceptors (Lipinski definition) is 3. The molecule has 0 radical (unpaired) electrons. The van der Waals surface area contributed by atoms with Crippen molar-refractivity contribution in [2.75, 3.05) is 5.73 Å². The van der Waals surface area contributed by atoms with Gasteiger partial charge in [-0.1, -0.05) is 19.4 Å². The van der Waals surface area contributed by atoms with Gasteiger partial charge in [0.05, 0.1) is 5.69 Å².